The van der Waals surface area contributed by atoms with Crippen LogP contribution in [-0.4, -0.2) is 0 Å². The molecular weight excluding hydrogens is 100 g/mol. The Bertz CT molecular complexity index is 82.4. The molecule has 47 valence electrons. The van der Waals surface area contributed by atoms with Gasteiger partial charge in [0, 0.05) is 0 Å². The quantitative estimate of drug-likeness (QED) is 0.490. The maximum absolute atomic E-state index is 9.92. The van der Waals surface area contributed by atoms with Crippen molar-refractivity contribution in [2.45, 2.75) is 27.2 Å². The van der Waals surface area contributed by atoms with Crippen LogP contribution in [0.2, 0.25) is 0 Å². The van der Waals surface area contributed by atoms with Gasteiger partial charge in [0.05, 0.1) is 0 Å². The highest BCUT2D eigenvalue weighted by atomic mass is 16.2. The first-order valence-corrected chi connectivity index (χ1v) is 2.92. The summed E-state index contributed by atoms with van der Waals surface area (Å²) in [6, 6.07) is 0. The summed E-state index contributed by atoms with van der Waals surface area (Å²) in [6.45, 7) is 6.16. The lowest BCUT2D eigenvalue weighted by Crippen LogP contribution is -2.03. The minimum atomic E-state index is 0.0990. The van der Waals surface area contributed by atoms with Gasteiger partial charge in [-0.1, -0.05) is 20.8 Å². The predicted molar refractivity (Wildman–Crippen MR) is 33.9 cm³/mol. The number of allylic oxidation sites excluding steroid dienone is 1. The van der Waals surface area contributed by atoms with Gasteiger partial charge in [-0.2, -0.15) is 0 Å². The molecule has 0 aromatic heterocycles. The topological polar surface area (TPSA) is 19.9 Å². The molecule has 0 aliphatic carbocycles. The maximum atomic E-state index is 9.92. The zero-order chi connectivity index (χ0) is 6.62. The third kappa shape index (κ3) is 2.67. The smallest absolute Gasteiger partial charge is 0.139 e. The highest BCUT2D eigenvalue weighted by Gasteiger charge is 2.08. The van der Waals surface area contributed by atoms with Crippen molar-refractivity contribution in [3.63, 3.8) is 0 Å². The largest absolute Gasteiger partial charge is 0.299 e. The van der Waals surface area contributed by atoms with Crippen LogP contribution < -0.4 is 0 Å². The molecule has 0 aromatic rings. The van der Waals surface area contributed by atoms with E-state index in [1.807, 2.05) is 13.8 Å². The van der Waals surface area contributed by atoms with E-state index in [0.717, 1.165) is 12.7 Å². The SMILES string of the molecule is CCC(C)(C)C=C[O]. The van der Waals surface area contributed by atoms with Crippen molar-refractivity contribution in [3.05, 3.63) is 12.3 Å². The molecule has 8 heavy (non-hydrogen) atoms. The van der Waals surface area contributed by atoms with Crippen LogP contribution in [0.25, 0.3) is 0 Å². The van der Waals surface area contributed by atoms with E-state index in [1.165, 1.54) is 0 Å². The number of rotatable bonds is 2. The van der Waals surface area contributed by atoms with Crippen LogP contribution in [0.5, 0.6) is 0 Å². The van der Waals surface area contributed by atoms with Gasteiger partial charge in [-0.15, -0.1) is 0 Å². The van der Waals surface area contributed by atoms with E-state index in [-0.39, 0.29) is 5.41 Å². The summed E-state index contributed by atoms with van der Waals surface area (Å²) in [4.78, 5) is 0. The van der Waals surface area contributed by atoms with E-state index in [9.17, 15) is 5.11 Å². The summed E-state index contributed by atoms with van der Waals surface area (Å²) in [5.41, 5.74) is 0.0990. The van der Waals surface area contributed by atoms with E-state index in [1.54, 1.807) is 6.08 Å². The van der Waals surface area contributed by atoms with Crippen molar-refractivity contribution in [2.75, 3.05) is 0 Å². The van der Waals surface area contributed by atoms with Crippen molar-refractivity contribution in [1.82, 2.24) is 0 Å². The Morgan fingerprint density at radius 3 is 2.12 bits per heavy atom. The molecule has 0 atom stereocenters. The lowest BCUT2D eigenvalue weighted by atomic mass is 9.91. The van der Waals surface area contributed by atoms with Gasteiger partial charge in [0.15, 0.2) is 0 Å². The number of hydrogen-bond acceptors (Lipinski definition) is 0. The van der Waals surface area contributed by atoms with Crippen molar-refractivity contribution >= 4 is 0 Å². The molecule has 0 rings (SSSR count). The molecule has 0 aliphatic heterocycles. The molecule has 0 bridgehead atoms. The lowest BCUT2D eigenvalue weighted by Gasteiger charge is -2.14. The van der Waals surface area contributed by atoms with Crippen LogP contribution in [0, 0.1) is 5.41 Å². The summed E-state index contributed by atoms with van der Waals surface area (Å²) < 4.78 is 0. The molecule has 0 aliphatic rings. The van der Waals surface area contributed by atoms with E-state index < -0.39 is 0 Å². The van der Waals surface area contributed by atoms with E-state index in [2.05, 4.69) is 6.92 Å². The van der Waals surface area contributed by atoms with Crippen molar-refractivity contribution in [3.8, 4) is 0 Å². The van der Waals surface area contributed by atoms with Crippen LogP contribution in [0.3, 0.4) is 0 Å². The molecule has 0 fully saturated rings. The zero-order valence-corrected chi connectivity index (χ0v) is 5.77. The fourth-order valence-electron chi connectivity index (χ4n) is 0.302. The molecule has 0 spiro atoms. The van der Waals surface area contributed by atoms with Gasteiger partial charge in [0.2, 0.25) is 0 Å². The molecule has 0 saturated carbocycles. The second-order valence-corrected chi connectivity index (χ2v) is 2.64. The molecule has 0 amide bonds. The maximum Gasteiger partial charge on any atom is 0.139 e. The number of hydrogen-bond donors (Lipinski definition) is 0. The molecule has 0 saturated heterocycles. The average Bonchev–Trinajstić information content (AvgIpc) is 1.67. The summed E-state index contributed by atoms with van der Waals surface area (Å²) in [5.74, 6) is 0. The van der Waals surface area contributed by atoms with Crippen molar-refractivity contribution < 1.29 is 5.11 Å². The first-order valence-electron chi connectivity index (χ1n) is 2.92. The summed E-state index contributed by atoms with van der Waals surface area (Å²) in [5, 5.41) is 9.92. The first-order chi connectivity index (χ1) is 3.62. The van der Waals surface area contributed by atoms with Crippen molar-refractivity contribution in [2.24, 2.45) is 5.41 Å². The van der Waals surface area contributed by atoms with Gasteiger partial charge in [-0.05, 0) is 17.9 Å². The highest BCUT2D eigenvalue weighted by molar-refractivity contribution is 4.88. The Hall–Kier alpha value is -0.460. The molecule has 1 nitrogen and oxygen atoms in total. The van der Waals surface area contributed by atoms with Gasteiger partial charge in [0.1, 0.15) is 6.26 Å². The van der Waals surface area contributed by atoms with E-state index >= 15 is 0 Å². The first kappa shape index (κ1) is 7.54. The van der Waals surface area contributed by atoms with E-state index in [0.29, 0.717) is 0 Å². The van der Waals surface area contributed by atoms with Crippen LogP contribution in [0.1, 0.15) is 27.2 Å². The summed E-state index contributed by atoms with van der Waals surface area (Å²) in [7, 11) is 0. The van der Waals surface area contributed by atoms with Crippen LogP contribution in [-0.2, 0) is 5.11 Å². The Balaban J connectivity index is 3.71. The predicted octanol–water partition coefficient (Wildman–Crippen LogP) is 2.37. The third-order valence-electron chi connectivity index (χ3n) is 1.43. The Morgan fingerprint density at radius 1 is 1.50 bits per heavy atom. The molecular formula is C7H13O. The molecule has 0 N–H and O–H groups in total. The highest BCUT2D eigenvalue weighted by Crippen LogP contribution is 2.20. The van der Waals surface area contributed by atoms with Crippen LogP contribution in [0.15, 0.2) is 12.3 Å². The minimum Gasteiger partial charge on any atom is -0.299 e. The summed E-state index contributed by atoms with van der Waals surface area (Å²) >= 11 is 0. The monoisotopic (exact) mass is 113 g/mol. The molecule has 0 unspecified atom stereocenters. The summed E-state index contributed by atoms with van der Waals surface area (Å²) in [6.07, 6.45) is 3.57. The van der Waals surface area contributed by atoms with Gasteiger partial charge in [0.25, 0.3) is 0 Å². The minimum absolute atomic E-state index is 0.0990. The van der Waals surface area contributed by atoms with Crippen LogP contribution >= 0.6 is 0 Å². The molecule has 1 heteroatoms. The fourth-order valence-corrected chi connectivity index (χ4v) is 0.302. The molecule has 0 heterocycles. The second kappa shape index (κ2) is 2.75. The average molecular weight is 113 g/mol. The van der Waals surface area contributed by atoms with Gasteiger partial charge in [-0.25, -0.2) is 0 Å². The fraction of sp³-hybridized carbons (Fsp3) is 0.714. The van der Waals surface area contributed by atoms with Gasteiger partial charge < -0.3 is 0 Å². The zero-order valence-electron chi connectivity index (χ0n) is 5.77. The lowest BCUT2D eigenvalue weighted by molar-refractivity contribution is 0.335. The third-order valence-corrected chi connectivity index (χ3v) is 1.43. The van der Waals surface area contributed by atoms with Crippen LogP contribution in [0.4, 0.5) is 0 Å². The van der Waals surface area contributed by atoms with Crippen molar-refractivity contribution in [1.29, 1.82) is 0 Å². The second-order valence-electron chi connectivity index (χ2n) is 2.64. The standard InChI is InChI=1S/C7H13O/c1-4-7(2,3)5-6-8/h5-6H,4H2,1-3H3. The van der Waals surface area contributed by atoms with E-state index in [4.69, 9.17) is 0 Å². The van der Waals surface area contributed by atoms with Gasteiger partial charge >= 0.3 is 0 Å². The Kier molecular flexibility index (Phi) is 2.59. The Morgan fingerprint density at radius 2 is 2.00 bits per heavy atom. The Labute approximate surface area is 51.0 Å². The molecule has 0 aromatic carbocycles. The molecule has 1 radical (unpaired) electrons. The van der Waals surface area contributed by atoms with Gasteiger partial charge in [-0.3, -0.25) is 5.11 Å². The normalized spacial score (nSPS) is 12.9.